The molecule has 1 aliphatic heterocycles. The van der Waals surface area contributed by atoms with Crippen molar-refractivity contribution in [3.05, 3.63) is 65.7 Å². The van der Waals surface area contributed by atoms with Gasteiger partial charge >= 0.3 is 0 Å². The number of aromatic hydroxyl groups is 1. The van der Waals surface area contributed by atoms with Crippen molar-refractivity contribution in [2.75, 3.05) is 12.4 Å². The van der Waals surface area contributed by atoms with Gasteiger partial charge in [0.25, 0.3) is 11.8 Å². The van der Waals surface area contributed by atoms with E-state index < -0.39 is 5.91 Å². The normalized spacial score (nSPS) is 16.2. The van der Waals surface area contributed by atoms with Crippen LogP contribution in [0.3, 0.4) is 0 Å². The van der Waals surface area contributed by atoms with Crippen LogP contribution >= 0.6 is 11.8 Å². The van der Waals surface area contributed by atoms with Gasteiger partial charge in [-0.25, -0.2) is 9.99 Å². The highest BCUT2D eigenvalue weighted by Crippen LogP contribution is 2.37. The zero-order valence-corrected chi connectivity index (χ0v) is 16.5. The fourth-order valence-corrected chi connectivity index (χ4v) is 4.24. The number of carbonyl (C=O) groups excluding carboxylic acids is 2. The van der Waals surface area contributed by atoms with Gasteiger partial charge in [0.1, 0.15) is 11.1 Å². The van der Waals surface area contributed by atoms with Crippen molar-refractivity contribution in [1.82, 2.24) is 15.4 Å². The number of benzene rings is 2. The number of phenolic OH excluding ortho intramolecular Hbond substituents is 1. The fourth-order valence-electron chi connectivity index (χ4n) is 3.13. The second kappa shape index (κ2) is 8.00. The number of nitrogens with zero attached hydrogens (tertiary/aromatic N) is 2. The summed E-state index contributed by atoms with van der Waals surface area (Å²) < 4.78 is 5.56. The third-order valence-corrected chi connectivity index (χ3v) is 5.75. The molecule has 148 valence electrons. The summed E-state index contributed by atoms with van der Waals surface area (Å²) in [5.41, 5.74) is 5.23. The van der Waals surface area contributed by atoms with Gasteiger partial charge in [-0.15, -0.1) is 11.8 Å². The Bertz CT molecular complexity index is 1070. The number of phenols is 1. The van der Waals surface area contributed by atoms with Crippen molar-refractivity contribution < 1.29 is 19.4 Å². The van der Waals surface area contributed by atoms with Gasteiger partial charge in [-0.2, -0.15) is 0 Å². The number of thioether (sulfide) groups is 1. The Morgan fingerprint density at radius 2 is 2.03 bits per heavy atom. The van der Waals surface area contributed by atoms with Crippen molar-refractivity contribution in [2.24, 2.45) is 0 Å². The van der Waals surface area contributed by atoms with Gasteiger partial charge < -0.3 is 9.84 Å². The molecule has 0 radical (unpaired) electrons. The number of hydrogen-bond acceptors (Lipinski definition) is 6. The van der Waals surface area contributed by atoms with Crippen LogP contribution in [0.15, 0.2) is 54.6 Å². The lowest BCUT2D eigenvalue weighted by Crippen LogP contribution is -2.46. The maximum Gasteiger partial charge on any atom is 0.276 e. The number of aryl methyl sites for hydroxylation is 1. The average Bonchev–Trinajstić information content (AvgIpc) is 3.07. The van der Waals surface area contributed by atoms with Crippen LogP contribution in [0.4, 0.5) is 0 Å². The van der Waals surface area contributed by atoms with Crippen molar-refractivity contribution in [3.63, 3.8) is 0 Å². The first-order chi connectivity index (χ1) is 14.0. The molecule has 1 aromatic heterocycles. The minimum Gasteiger partial charge on any atom is -0.508 e. The van der Waals surface area contributed by atoms with Crippen LogP contribution in [0.2, 0.25) is 0 Å². The molecule has 29 heavy (non-hydrogen) atoms. The van der Waals surface area contributed by atoms with Crippen LogP contribution < -0.4 is 10.2 Å². The van der Waals surface area contributed by atoms with Crippen molar-refractivity contribution in [1.29, 1.82) is 0 Å². The van der Waals surface area contributed by atoms with Gasteiger partial charge in [0, 0.05) is 11.5 Å². The zero-order chi connectivity index (χ0) is 20.4. The molecule has 1 fully saturated rings. The molecule has 2 aromatic carbocycles. The number of fused-ring (bicyclic) bond motifs is 1. The zero-order valence-electron chi connectivity index (χ0n) is 15.7. The fraction of sp³-hybridized carbons (Fsp3) is 0.190. The van der Waals surface area contributed by atoms with Crippen LogP contribution in [-0.4, -0.2) is 39.3 Å². The average molecular weight is 409 g/mol. The summed E-state index contributed by atoms with van der Waals surface area (Å²) in [6, 6.07) is 16.0. The Morgan fingerprint density at radius 3 is 2.83 bits per heavy atom. The number of ether oxygens (including phenoxy) is 1. The lowest BCUT2D eigenvalue weighted by atomic mass is 10.1. The Hall–Kier alpha value is -3.26. The molecule has 1 unspecified atom stereocenters. The van der Waals surface area contributed by atoms with Crippen molar-refractivity contribution in [3.8, 4) is 11.6 Å². The number of nitrogens with one attached hydrogen (secondary N) is 1. The number of aromatic nitrogens is 1. The Balaban J connectivity index is 1.42. The van der Waals surface area contributed by atoms with E-state index in [1.165, 1.54) is 16.8 Å². The minimum absolute atomic E-state index is 0.144. The molecule has 2 amide bonds. The number of carbonyl (C=O) groups is 2. The molecule has 0 saturated carbocycles. The monoisotopic (exact) mass is 409 g/mol. The number of amides is 2. The predicted molar refractivity (Wildman–Crippen MR) is 110 cm³/mol. The lowest BCUT2D eigenvalue weighted by molar-refractivity contribution is -0.140. The van der Waals surface area contributed by atoms with E-state index >= 15 is 0 Å². The van der Waals surface area contributed by atoms with Gasteiger partial charge in [-0.1, -0.05) is 30.3 Å². The summed E-state index contributed by atoms with van der Waals surface area (Å²) in [7, 11) is 0. The number of rotatable bonds is 5. The second-order valence-corrected chi connectivity index (χ2v) is 7.71. The quantitative estimate of drug-likeness (QED) is 0.673. The molecule has 0 spiro atoms. The number of pyridine rings is 1. The number of hydrogen-bond donors (Lipinski definition) is 2. The summed E-state index contributed by atoms with van der Waals surface area (Å²) in [5, 5.41) is 11.4. The summed E-state index contributed by atoms with van der Waals surface area (Å²) in [6.45, 7) is 1.70. The molecule has 0 aliphatic carbocycles. The summed E-state index contributed by atoms with van der Waals surface area (Å²) in [5.74, 6) is 0.120. The molecular formula is C21H19N3O4S. The largest absolute Gasteiger partial charge is 0.508 e. The summed E-state index contributed by atoms with van der Waals surface area (Å²) in [6.07, 6.45) is 0. The molecule has 1 atom stereocenters. The van der Waals surface area contributed by atoms with Crippen molar-refractivity contribution >= 4 is 34.5 Å². The highest BCUT2D eigenvalue weighted by molar-refractivity contribution is 8.00. The Morgan fingerprint density at radius 1 is 1.28 bits per heavy atom. The van der Waals surface area contributed by atoms with Gasteiger partial charge in [0.15, 0.2) is 6.61 Å². The van der Waals surface area contributed by atoms with Crippen molar-refractivity contribution in [2.45, 2.75) is 12.3 Å². The molecule has 2 N–H and O–H groups in total. The highest BCUT2D eigenvalue weighted by Gasteiger charge is 2.34. The first kappa shape index (κ1) is 19.1. The molecule has 3 aromatic rings. The molecule has 2 heterocycles. The molecule has 0 bridgehead atoms. The van der Waals surface area contributed by atoms with Crippen LogP contribution in [0.25, 0.3) is 10.9 Å². The SMILES string of the molecule is Cc1cc(OCC(=O)NN2C(=O)CSC2c2ccc(O)cc2)nc2ccccc12. The molecule has 1 aliphatic rings. The number of para-hydroxylation sites is 1. The smallest absolute Gasteiger partial charge is 0.276 e. The van der Waals surface area contributed by atoms with E-state index in [1.807, 2.05) is 31.2 Å². The second-order valence-electron chi connectivity index (χ2n) is 6.64. The lowest BCUT2D eigenvalue weighted by Gasteiger charge is -2.24. The molecule has 4 rings (SSSR count). The highest BCUT2D eigenvalue weighted by atomic mass is 32.2. The third kappa shape index (κ3) is 4.12. The first-order valence-corrected chi connectivity index (χ1v) is 10.1. The molecule has 1 saturated heterocycles. The van der Waals surface area contributed by atoms with Crippen LogP contribution in [-0.2, 0) is 9.59 Å². The van der Waals surface area contributed by atoms with E-state index in [4.69, 9.17) is 4.74 Å². The topological polar surface area (TPSA) is 91.8 Å². The first-order valence-electron chi connectivity index (χ1n) is 9.02. The number of hydrazine groups is 1. The third-order valence-electron chi connectivity index (χ3n) is 4.54. The van der Waals surface area contributed by atoms with E-state index in [1.54, 1.807) is 30.3 Å². The minimum atomic E-state index is -0.447. The van der Waals surface area contributed by atoms with E-state index in [9.17, 15) is 14.7 Å². The summed E-state index contributed by atoms with van der Waals surface area (Å²) in [4.78, 5) is 29.0. The van der Waals surface area contributed by atoms with Crippen LogP contribution in [0, 0.1) is 6.92 Å². The van der Waals surface area contributed by atoms with Gasteiger partial charge in [0.2, 0.25) is 5.88 Å². The van der Waals surface area contributed by atoms with Gasteiger partial charge in [-0.05, 0) is 36.2 Å². The van der Waals surface area contributed by atoms with E-state index in [-0.39, 0.29) is 29.4 Å². The Kier molecular flexibility index (Phi) is 5.26. The summed E-state index contributed by atoms with van der Waals surface area (Å²) >= 11 is 1.40. The van der Waals surface area contributed by atoms with Gasteiger partial charge in [-0.3, -0.25) is 15.0 Å². The van der Waals surface area contributed by atoms with E-state index in [2.05, 4.69) is 10.4 Å². The van der Waals surface area contributed by atoms with Crippen LogP contribution in [0.1, 0.15) is 16.5 Å². The standard InChI is InChI=1S/C21H19N3O4S/c1-13-10-19(22-17-5-3-2-4-16(13)17)28-11-18(26)23-24-20(27)12-29-21(24)14-6-8-15(25)9-7-14/h2-10,21,25H,11-12H2,1H3,(H,23,26). The molecule has 7 nitrogen and oxygen atoms in total. The Labute approximate surface area is 171 Å². The molecular weight excluding hydrogens is 390 g/mol. The van der Waals surface area contributed by atoms with E-state index in [0.29, 0.717) is 5.88 Å². The molecule has 8 heteroatoms. The maximum absolute atomic E-state index is 12.4. The van der Waals surface area contributed by atoms with Gasteiger partial charge in [0.05, 0.1) is 11.3 Å². The maximum atomic E-state index is 12.4. The van der Waals surface area contributed by atoms with Crippen LogP contribution in [0.5, 0.6) is 11.6 Å². The van der Waals surface area contributed by atoms with E-state index in [0.717, 1.165) is 22.0 Å². The predicted octanol–water partition coefficient (Wildman–Crippen LogP) is 2.93.